The molecule has 694 valence electrons. The Morgan fingerprint density at radius 3 is 1.03 bits per heavy atom. The molecule has 11 N–H and O–H groups in total. The second-order valence-electron chi connectivity index (χ2n) is 39.3. The summed E-state index contributed by atoms with van der Waals surface area (Å²) in [7, 11) is 0. The van der Waals surface area contributed by atoms with Crippen molar-refractivity contribution in [3.05, 3.63) is 24.8 Å². The molecular weight excluding hydrogens is 1540 g/mol. The molecule has 0 fully saturated rings. The third kappa shape index (κ3) is 76.0. The molecule has 30 nitrogen and oxygen atoms in total. The number of carbonyl (C=O) groups excluding carboxylic acids is 12. The van der Waals surface area contributed by atoms with Gasteiger partial charge in [0.25, 0.3) is 11.8 Å². The van der Waals surface area contributed by atoms with E-state index < -0.39 is 108 Å². The molecule has 8 unspecified atom stereocenters. The number of carbonyl (C=O) groups is 14. The first-order chi connectivity index (χ1) is 53.5. The average Bonchev–Trinajstić information content (AvgIpc) is 1.62. The minimum atomic E-state index is -1.04. The molecule has 1 heterocycles. The highest BCUT2D eigenvalue weighted by Gasteiger charge is 2.31. The van der Waals surface area contributed by atoms with Crippen LogP contribution in [-0.2, 0) is 100 Å². The van der Waals surface area contributed by atoms with E-state index in [1.807, 2.05) is 20.8 Å². The topological polar surface area (TPSA) is 461 Å². The summed E-state index contributed by atoms with van der Waals surface area (Å²) in [6, 6.07) is -3.27. The molecule has 0 radical (unpaired) electrons. The van der Waals surface area contributed by atoms with E-state index in [0.29, 0.717) is 56.9 Å². The molecule has 0 saturated heterocycles. The molecule has 0 aromatic rings. The van der Waals surface area contributed by atoms with Gasteiger partial charge in [0.15, 0.2) is 0 Å². The van der Waals surface area contributed by atoms with Crippen molar-refractivity contribution in [2.24, 2.45) is 72.9 Å². The Balaban J connectivity index is -0.000000324. The lowest BCUT2D eigenvalue weighted by atomic mass is 9.87. The first-order valence-electron chi connectivity index (χ1n) is 41.4. The first kappa shape index (κ1) is 122. The summed E-state index contributed by atoms with van der Waals surface area (Å²) in [5, 5.41) is 24.8. The zero-order valence-electron chi connectivity index (χ0n) is 77.9. The predicted octanol–water partition coefficient (Wildman–Crippen LogP) is 13.4. The van der Waals surface area contributed by atoms with Gasteiger partial charge in [-0.1, -0.05) is 186 Å². The van der Waals surface area contributed by atoms with Gasteiger partial charge in [-0.05, 0) is 162 Å². The van der Waals surface area contributed by atoms with Crippen LogP contribution in [0.2, 0.25) is 0 Å². The number of carboxylic acid groups (broad SMARTS) is 2. The summed E-state index contributed by atoms with van der Waals surface area (Å²) in [5.41, 5.74) is 17.5. The van der Waals surface area contributed by atoms with Crippen molar-refractivity contribution < 1.29 is 110 Å². The Labute approximate surface area is 715 Å². The number of nitrogens with two attached hydrogens (primary N) is 3. The van der Waals surface area contributed by atoms with Crippen molar-refractivity contribution in [2.75, 3.05) is 52.8 Å². The van der Waals surface area contributed by atoms with Crippen LogP contribution in [0.5, 0.6) is 0 Å². The number of amides is 5. The average molecular weight is 1700 g/mol. The molecule has 0 spiro atoms. The third-order valence-electron chi connectivity index (χ3n) is 17.0. The smallest absolute Gasteiger partial charge is 0.328 e. The van der Waals surface area contributed by atoms with Gasteiger partial charge in [-0.15, -0.1) is 0 Å². The van der Waals surface area contributed by atoms with Crippen molar-refractivity contribution in [3.8, 4) is 0 Å². The standard InChI is InChI=1S/C17H31NO4.C16H24N2O5.C16H29NO5.C15H27NO5.C13H27NO2.C11H23NO2.CH4/c1-6-9-21-15(19)12-14(18)11-13(2)16(20)22-10-7-8-17(3,4)5;1-11(15(22)23-9-5-8-16(2,3)4)17-12(19)10-18-13(20)6-7-14(18)21;1-11(14(19)20)7-8-13(18)17-12(2)15(21)22-10-6-9-16(3,4)5;1-10(13(18)19)9-12(17)16-11(2)14(20)21-8-6-7-15(3,4)5;1-12(2,3)8-7-9-16-11(15)10(14)13(4,5)6;1-10(2,3)7-6-8-14-9(13)11(4,5)12;/h6,13-14H,1,7-12,18H2,2-5H3;6-7,11H,5,8-10H2,1-4H3,(H,17,19);11-12H,6-10H2,1-5H3,(H,17,18)(H,19,20);10-11H,6-9H2,1-5H3,(H,16,17)(H,18,19);10H,7-9,14H2,1-6H3;6-8,12H2,1-5H3;1H4. The van der Waals surface area contributed by atoms with Gasteiger partial charge in [0.2, 0.25) is 17.7 Å². The third-order valence-corrected chi connectivity index (χ3v) is 17.0. The Hall–Kier alpha value is -7.86. The van der Waals surface area contributed by atoms with Crippen LogP contribution in [0.1, 0.15) is 317 Å². The predicted molar refractivity (Wildman–Crippen MR) is 464 cm³/mol. The van der Waals surface area contributed by atoms with Crippen LogP contribution in [0.4, 0.5) is 0 Å². The van der Waals surface area contributed by atoms with Crippen molar-refractivity contribution in [3.63, 3.8) is 0 Å². The number of hydrogen-bond donors (Lipinski definition) is 8. The number of nitrogens with zero attached hydrogens (tertiary/aromatic N) is 1. The Bertz CT molecular complexity index is 3060. The van der Waals surface area contributed by atoms with Gasteiger partial charge in [0.1, 0.15) is 42.9 Å². The number of imide groups is 1. The van der Waals surface area contributed by atoms with Crippen LogP contribution in [-0.4, -0.2) is 187 Å². The zero-order valence-corrected chi connectivity index (χ0v) is 77.9. The lowest BCUT2D eigenvalue weighted by Gasteiger charge is -2.25. The van der Waals surface area contributed by atoms with E-state index in [2.05, 4.69) is 147 Å². The van der Waals surface area contributed by atoms with Crippen LogP contribution in [0.25, 0.3) is 0 Å². The maximum Gasteiger partial charge on any atom is 0.328 e. The number of hydrogen-bond acceptors (Lipinski definition) is 24. The molecule has 0 bridgehead atoms. The lowest BCUT2D eigenvalue weighted by Crippen LogP contribution is -2.46. The quantitative estimate of drug-likeness (QED) is 0.00925. The highest BCUT2D eigenvalue weighted by Crippen LogP contribution is 2.26. The summed E-state index contributed by atoms with van der Waals surface area (Å²) in [6.45, 7) is 62.5. The fourth-order valence-corrected chi connectivity index (χ4v) is 9.49. The van der Waals surface area contributed by atoms with Gasteiger partial charge >= 0.3 is 53.7 Å². The number of ether oxygens (including phenoxy) is 7. The van der Waals surface area contributed by atoms with Crippen LogP contribution >= 0.6 is 0 Å². The fraction of sp³-hybridized carbons (Fsp3) is 0.798. The molecule has 0 saturated carbocycles. The largest absolute Gasteiger partial charge is 0.481 e. The monoisotopic (exact) mass is 1700 g/mol. The van der Waals surface area contributed by atoms with Crippen LogP contribution in [0.3, 0.4) is 0 Å². The summed E-state index contributed by atoms with van der Waals surface area (Å²) in [5.74, 6) is -8.88. The van der Waals surface area contributed by atoms with Gasteiger partial charge < -0.3 is 76.5 Å². The minimum Gasteiger partial charge on any atom is -0.481 e. The number of nitrogens with one attached hydrogen (secondary N) is 3. The molecule has 0 aliphatic carbocycles. The lowest BCUT2D eigenvalue weighted by molar-refractivity contribution is -0.149. The molecule has 8 atom stereocenters. The van der Waals surface area contributed by atoms with Crippen LogP contribution in [0.15, 0.2) is 24.8 Å². The Morgan fingerprint density at radius 2 is 0.731 bits per heavy atom. The summed E-state index contributed by atoms with van der Waals surface area (Å²) in [6.07, 6.45) is 15.2. The summed E-state index contributed by atoms with van der Waals surface area (Å²) >= 11 is 0. The van der Waals surface area contributed by atoms with E-state index in [-0.39, 0.29) is 102 Å². The number of esters is 7. The van der Waals surface area contributed by atoms with Crippen LogP contribution in [0, 0.1) is 55.7 Å². The van der Waals surface area contributed by atoms with Gasteiger partial charge in [-0.3, -0.25) is 57.6 Å². The number of carboxylic acids is 2. The molecule has 1 aliphatic rings. The molecule has 0 aromatic heterocycles. The zero-order chi connectivity index (χ0) is 93.1. The molecule has 5 amide bonds. The highest BCUT2D eigenvalue weighted by molar-refractivity contribution is 6.14. The summed E-state index contributed by atoms with van der Waals surface area (Å²) < 4.78 is 35.6. The summed E-state index contributed by atoms with van der Waals surface area (Å²) in [4.78, 5) is 161. The van der Waals surface area contributed by atoms with Gasteiger partial charge in [0.05, 0.1) is 63.8 Å². The van der Waals surface area contributed by atoms with Crippen LogP contribution < -0.4 is 33.2 Å². The van der Waals surface area contributed by atoms with Crippen molar-refractivity contribution in [1.29, 1.82) is 0 Å². The number of aliphatic carboxylic acids is 2. The molecular formula is C89H165N7O23. The first-order valence-corrected chi connectivity index (χ1v) is 41.4. The minimum absolute atomic E-state index is 0. The van der Waals surface area contributed by atoms with E-state index in [4.69, 9.17) is 60.6 Å². The molecule has 1 aliphatic heterocycles. The normalized spacial score (nSPS) is 14.2. The van der Waals surface area contributed by atoms with E-state index in [1.54, 1.807) is 34.6 Å². The van der Waals surface area contributed by atoms with Gasteiger partial charge in [-0.25, -0.2) is 14.4 Å². The van der Waals surface area contributed by atoms with Gasteiger partial charge in [-0.2, -0.15) is 0 Å². The molecule has 119 heavy (non-hydrogen) atoms. The van der Waals surface area contributed by atoms with Gasteiger partial charge in [0, 0.05) is 31.0 Å². The SMILES string of the molecule is C.C=CCOC(=O)CC(N)CC(C)C(=O)OCCCC(C)(C)C.CC(C)(C)CCCOC(=O)C(C)(C)N.CC(C)(C)CCCOC(=O)C(N)C(C)(C)C.CC(CC(=O)NC(C)C(=O)OCCCC(C)(C)C)C(=O)O.CC(CCC(=O)NC(C)C(=O)OCCCC(C)(C)C)C(=O)O.CC(NC(=O)CN1C(=O)C=CC1=O)C(=O)OCCCC(C)(C)C. The van der Waals surface area contributed by atoms with Crippen molar-refractivity contribution >= 4 is 83.3 Å². The Kier molecular flexibility index (Phi) is 62.1. The molecule has 30 heteroatoms. The maximum absolute atomic E-state index is 11.9. The fourth-order valence-electron chi connectivity index (χ4n) is 9.49. The van der Waals surface area contributed by atoms with E-state index in [9.17, 15) is 67.1 Å². The highest BCUT2D eigenvalue weighted by atomic mass is 16.6. The van der Waals surface area contributed by atoms with Crippen molar-refractivity contribution in [2.45, 2.75) is 353 Å². The number of rotatable bonds is 42. The van der Waals surface area contributed by atoms with Crippen molar-refractivity contribution in [1.82, 2.24) is 20.9 Å². The molecule has 0 aromatic carbocycles. The molecule has 1 rings (SSSR count). The van der Waals surface area contributed by atoms with E-state index in [0.717, 1.165) is 94.1 Å². The maximum atomic E-state index is 11.9. The Morgan fingerprint density at radius 1 is 0.429 bits per heavy atom. The van der Waals surface area contributed by atoms with E-state index >= 15 is 0 Å². The second kappa shape index (κ2) is 60.6. The van der Waals surface area contributed by atoms with E-state index in [1.165, 1.54) is 26.8 Å². The second-order valence-corrected chi connectivity index (χ2v) is 39.3.